The fourth-order valence-electron chi connectivity index (χ4n) is 3.97. The largest absolute Gasteiger partial charge is 0.337 e. The fourth-order valence-corrected chi connectivity index (χ4v) is 3.97. The minimum atomic E-state index is -0.207. The number of aromatic nitrogens is 2. The van der Waals surface area contributed by atoms with Gasteiger partial charge >= 0.3 is 0 Å². The maximum Gasteiger partial charge on any atom is 0.290 e. The second-order valence-corrected chi connectivity index (χ2v) is 7.89. The van der Waals surface area contributed by atoms with E-state index in [4.69, 9.17) is 0 Å². The number of pyridine rings is 1. The fraction of sp³-hybridized carbons (Fsp3) is 0.348. The number of carbonyl (C=O) groups is 2. The Bertz CT molecular complexity index is 1030. The molecule has 0 aliphatic carbocycles. The van der Waals surface area contributed by atoms with Gasteiger partial charge in [-0.15, -0.1) is 0 Å². The van der Waals surface area contributed by atoms with E-state index in [1.54, 1.807) is 22.5 Å². The third-order valence-electron chi connectivity index (χ3n) is 5.50. The number of fused-ring (bicyclic) bond motifs is 1. The predicted molar refractivity (Wildman–Crippen MR) is 112 cm³/mol. The maximum atomic E-state index is 13.2. The van der Waals surface area contributed by atoms with Gasteiger partial charge in [-0.1, -0.05) is 43.3 Å². The average Bonchev–Trinajstić information content (AvgIpc) is 3.13. The molecule has 3 aromatic rings. The number of benzene rings is 1. The van der Waals surface area contributed by atoms with Crippen LogP contribution in [0, 0.1) is 5.92 Å². The number of nitrogens with zero attached hydrogens (tertiary/aromatic N) is 4. The first kappa shape index (κ1) is 19.2. The van der Waals surface area contributed by atoms with Gasteiger partial charge < -0.3 is 9.80 Å². The third-order valence-corrected chi connectivity index (χ3v) is 5.50. The number of rotatable bonds is 4. The highest BCUT2D eigenvalue weighted by Gasteiger charge is 2.28. The van der Waals surface area contributed by atoms with Gasteiger partial charge in [0.05, 0.1) is 5.52 Å². The Balaban J connectivity index is 1.65. The molecule has 29 heavy (non-hydrogen) atoms. The van der Waals surface area contributed by atoms with Crippen LogP contribution in [-0.2, 0) is 6.54 Å². The van der Waals surface area contributed by atoms with Crippen LogP contribution >= 0.6 is 0 Å². The van der Waals surface area contributed by atoms with Gasteiger partial charge in [0.1, 0.15) is 0 Å². The van der Waals surface area contributed by atoms with Crippen molar-refractivity contribution in [2.45, 2.75) is 26.3 Å². The van der Waals surface area contributed by atoms with Gasteiger partial charge in [-0.2, -0.15) is 0 Å². The maximum absolute atomic E-state index is 13.2. The number of carbonyl (C=O) groups excluding carboxylic acids is 2. The number of imidazole rings is 1. The number of hydrogen-bond donors (Lipinski definition) is 0. The lowest BCUT2D eigenvalue weighted by molar-refractivity contribution is 0.0679. The van der Waals surface area contributed by atoms with E-state index in [9.17, 15) is 9.59 Å². The van der Waals surface area contributed by atoms with Crippen LogP contribution < -0.4 is 0 Å². The van der Waals surface area contributed by atoms with Gasteiger partial charge in [0.2, 0.25) is 5.82 Å². The molecule has 0 radical (unpaired) electrons. The topological polar surface area (TPSA) is 57.9 Å². The first-order valence-corrected chi connectivity index (χ1v) is 10.1. The number of hydrogen-bond acceptors (Lipinski definition) is 3. The number of piperidine rings is 1. The Morgan fingerprint density at radius 2 is 1.90 bits per heavy atom. The summed E-state index contributed by atoms with van der Waals surface area (Å²) in [5.74, 6) is 0.457. The third kappa shape index (κ3) is 3.88. The average molecular weight is 390 g/mol. The van der Waals surface area contributed by atoms with E-state index < -0.39 is 0 Å². The Labute approximate surface area is 170 Å². The molecule has 1 unspecified atom stereocenters. The Morgan fingerprint density at radius 1 is 1.14 bits per heavy atom. The molecule has 1 fully saturated rings. The van der Waals surface area contributed by atoms with Gasteiger partial charge in [0.15, 0.2) is 5.69 Å². The summed E-state index contributed by atoms with van der Waals surface area (Å²) in [5, 5.41) is 0. The van der Waals surface area contributed by atoms with Crippen molar-refractivity contribution in [2.75, 3.05) is 20.1 Å². The molecular weight excluding hydrogens is 364 g/mol. The molecule has 6 heteroatoms. The number of amides is 2. The molecule has 150 valence electrons. The van der Waals surface area contributed by atoms with Crippen LogP contribution in [0.25, 0.3) is 5.52 Å². The summed E-state index contributed by atoms with van der Waals surface area (Å²) >= 11 is 0. The van der Waals surface area contributed by atoms with Gasteiger partial charge in [0.25, 0.3) is 11.8 Å². The van der Waals surface area contributed by atoms with Crippen molar-refractivity contribution in [1.29, 1.82) is 0 Å². The minimum Gasteiger partial charge on any atom is -0.337 e. The van der Waals surface area contributed by atoms with Crippen molar-refractivity contribution in [3.8, 4) is 0 Å². The summed E-state index contributed by atoms with van der Waals surface area (Å²) in [5.41, 5.74) is 2.08. The summed E-state index contributed by atoms with van der Waals surface area (Å²) < 4.78 is 1.73. The van der Waals surface area contributed by atoms with E-state index in [0.717, 1.165) is 31.5 Å². The smallest absolute Gasteiger partial charge is 0.290 e. The standard InChI is InChI=1S/C23H26N4O2/c1-17-9-8-13-26(15-17)22(28)20-19-12-6-7-14-27(19)21(24-20)23(29)25(2)16-18-10-4-3-5-11-18/h3-7,10-12,14,17H,8-9,13,15-16H2,1-2H3. The van der Waals surface area contributed by atoms with Crippen molar-refractivity contribution in [3.63, 3.8) is 0 Å². The molecule has 0 bridgehead atoms. The monoisotopic (exact) mass is 390 g/mol. The van der Waals surface area contributed by atoms with Crippen LogP contribution in [0.3, 0.4) is 0 Å². The predicted octanol–water partition coefficient (Wildman–Crippen LogP) is 3.48. The molecule has 1 aliphatic heterocycles. The Kier molecular flexibility index (Phi) is 5.34. The van der Waals surface area contributed by atoms with Crippen LogP contribution in [0.4, 0.5) is 0 Å². The van der Waals surface area contributed by atoms with Crippen LogP contribution in [0.1, 0.15) is 46.4 Å². The summed E-state index contributed by atoms with van der Waals surface area (Å²) in [6, 6.07) is 15.4. The van der Waals surface area contributed by atoms with E-state index in [1.165, 1.54) is 0 Å². The molecule has 6 nitrogen and oxygen atoms in total. The van der Waals surface area contributed by atoms with Gasteiger partial charge in [-0.3, -0.25) is 14.0 Å². The quantitative estimate of drug-likeness (QED) is 0.685. The van der Waals surface area contributed by atoms with Crippen LogP contribution in [0.15, 0.2) is 54.7 Å². The van der Waals surface area contributed by atoms with Crippen LogP contribution in [0.2, 0.25) is 0 Å². The Hall–Kier alpha value is -3.15. The lowest BCUT2D eigenvalue weighted by Crippen LogP contribution is -2.39. The summed E-state index contributed by atoms with van der Waals surface area (Å²) in [4.78, 5) is 34.4. The van der Waals surface area contributed by atoms with Gasteiger partial charge in [-0.05, 0) is 36.5 Å². The van der Waals surface area contributed by atoms with Crippen molar-refractivity contribution >= 4 is 17.3 Å². The van der Waals surface area contributed by atoms with Gasteiger partial charge in [0, 0.05) is 32.9 Å². The van der Waals surface area contributed by atoms with Crippen LogP contribution in [0.5, 0.6) is 0 Å². The molecule has 2 amide bonds. The SMILES string of the molecule is CC1CCCN(C(=O)c2nc(C(=O)N(C)Cc3ccccc3)n3ccccc23)C1. The molecule has 4 rings (SSSR count). The van der Waals surface area contributed by atoms with E-state index in [2.05, 4.69) is 11.9 Å². The lowest BCUT2D eigenvalue weighted by Gasteiger charge is -2.30. The van der Waals surface area contributed by atoms with E-state index >= 15 is 0 Å². The second kappa shape index (κ2) is 8.07. The molecule has 3 heterocycles. The molecular formula is C23H26N4O2. The zero-order valence-corrected chi connectivity index (χ0v) is 16.9. The van der Waals surface area contributed by atoms with E-state index in [1.807, 2.05) is 53.4 Å². The van der Waals surface area contributed by atoms with Crippen molar-refractivity contribution in [2.24, 2.45) is 5.92 Å². The second-order valence-electron chi connectivity index (χ2n) is 7.89. The highest BCUT2D eigenvalue weighted by Crippen LogP contribution is 2.21. The van der Waals surface area contributed by atoms with Crippen molar-refractivity contribution < 1.29 is 9.59 Å². The molecule has 1 saturated heterocycles. The number of likely N-dealkylation sites (tertiary alicyclic amines) is 1. The summed E-state index contributed by atoms with van der Waals surface area (Å²) in [6.07, 6.45) is 3.94. The van der Waals surface area contributed by atoms with Gasteiger partial charge in [-0.25, -0.2) is 4.98 Å². The molecule has 1 aromatic carbocycles. The molecule has 2 aromatic heterocycles. The summed E-state index contributed by atoms with van der Waals surface area (Å²) in [7, 11) is 1.76. The molecule has 1 atom stereocenters. The first-order valence-electron chi connectivity index (χ1n) is 10.1. The zero-order valence-electron chi connectivity index (χ0n) is 16.9. The molecule has 1 aliphatic rings. The Morgan fingerprint density at radius 3 is 2.66 bits per heavy atom. The lowest BCUT2D eigenvalue weighted by atomic mass is 10.00. The first-order chi connectivity index (χ1) is 14.0. The normalized spacial score (nSPS) is 16.8. The summed E-state index contributed by atoms with van der Waals surface area (Å²) in [6.45, 7) is 4.13. The highest BCUT2D eigenvalue weighted by molar-refractivity contribution is 6.02. The van der Waals surface area contributed by atoms with E-state index in [0.29, 0.717) is 23.7 Å². The molecule has 0 N–H and O–H groups in total. The zero-order chi connectivity index (χ0) is 20.4. The van der Waals surface area contributed by atoms with E-state index in [-0.39, 0.29) is 17.6 Å². The minimum absolute atomic E-state index is 0.0926. The highest BCUT2D eigenvalue weighted by atomic mass is 16.2. The van der Waals surface area contributed by atoms with Crippen molar-refractivity contribution in [3.05, 3.63) is 71.8 Å². The molecule has 0 spiro atoms. The van der Waals surface area contributed by atoms with Crippen molar-refractivity contribution in [1.82, 2.24) is 19.2 Å². The van der Waals surface area contributed by atoms with Crippen LogP contribution in [-0.4, -0.2) is 51.1 Å². The molecule has 0 saturated carbocycles.